The quantitative estimate of drug-likeness (QED) is 0.365. The Morgan fingerprint density at radius 2 is 2.21 bits per heavy atom. The Kier molecular flexibility index (Phi) is 3.93. The maximum absolute atomic E-state index is 7.43. The van der Waals surface area contributed by atoms with Crippen molar-refractivity contribution in [2.75, 3.05) is 7.05 Å². The predicted molar refractivity (Wildman–Crippen MR) is 58.8 cm³/mol. The van der Waals surface area contributed by atoms with E-state index >= 15 is 0 Å². The van der Waals surface area contributed by atoms with Crippen LogP contribution in [0, 0.1) is 10.8 Å². The van der Waals surface area contributed by atoms with E-state index in [-0.39, 0.29) is 11.9 Å². The van der Waals surface area contributed by atoms with Crippen LogP contribution in [0.15, 0.2) is 16.8 Å². The Hall–Kier alpha value is -1.56. The molecular weight excluding hydrogens is 198 g/mol. The lowest BCUT2D eigenvalue weighted by Gasteiger charge is -2.09. The van der Waals surface area contributed by atoms with Gasteiger partial charge in [0.05, 0.1) is 0 Å². The Morgan fingerprint density at radius 1 is 1.43 bits per heavy atom. The third-order valence-corrected chi connectivity index (χ3v) is 2.28. The molecule has 1 aromatic rings. The van der Waals surface area contributed by atoms with Gasteiger partial charge in [-0.3, -0.25) is 16.1 Å². The minimum absolute atomic E-state index is 0.104. The van der Waals surface area contributed by atoms with Gasteiger partial charge in [0.1, 0.15) is 0 Å². The lowest BCUT2D eigenvalue weighted by molar-refractivity contribution is 0.873. The SMILES string of the molecule is CNC(=N)NC(=N)NCc1ccsc1. The summed E-state index contributed by atoms with van der Waals surface area (Å²) in [6, 6.07) is 1.99. The second-order valence-electron chi connectivity index (χ2n) is 2.61. The molecule has 6 heteroatoms. The van der Waals surface area contributed by atoms with Crippen molar-refractivity contribution >= 4 is 23.3 Å². The normalized spacial score (nSPS) is 9.21. The summed E-state index contributed by atoms with van der Waals surface area (Å²) in [4.78, 5) is 0. The number of guanidine groups is 2. The van der Waals surface area contributed by atoms with Crippen molar-refractivity contribution in [3.05, 3.63) is 22.4 Å². The molecule has 0 fully saturated rings. The van der Waals surface area contributed by atoms with Crippen LogP contribution in [0.25, 0.3) is 0 Å². The zero-order valence-electron chi connectivity index (χ0n) is 7.85. The minimum Gasteiger partial charge on any atom is -0.359 e. The average molecular weight is 211 g/mol. The van der Waals surface area contributed by atoms with Gasteiger partial charge in [0, 0.05) is 13.6 Å². The zero-order valence-corrected chi connectivity index (χ0v) is 8.66. The molecule has 14 heavy (non-hydrogen) atoms. The summed E-state index contributed by atoms with van der Waals surface area (Å²) in [6.07, 6.45) is 0. The number of rotatable bonds is 2. The number of hydrogen-bond acceptors (Lipinski definition) is 3. The molecule has 0 aromatic carbocycles. The smallest absolute Gasteiger partial charge is 0.195 e. The molecular formula is C8H13N5S. The van der Waals surface area contributed by atoms with Gasteiger partial charge in [0.15, 0.2) is 11.9 Å². The fourth-order valence-corrected chi connectivity index (χ4v) is 1.48. The highest BCUT2D eigenvalue weighted by atomic mass is 32.1. The molecule has 0 atom stereocenters. The van der Waals surface area contributed by atoms with Crippen molar-refractivity contribution in [2.45, 2.75) is 6.54 Å². The summed E-state index contributed by atoms with van der Waals surface area (Å²) in [7, 11) is 1.63. The van der Waals surface area contributed by atoms with Crippen molar-refractivity contribution in [2.24, 2.45) is 0 Å². The molecule has 0 spiro atoms. The van der Waals surface area contributed by atoms with Crippen LogP contribution in [-0.2, 0) is 6.54 Å². The molecule has 0 saturated carbocycles. The van der Waals surface area contributed by atoms with Gasteiger partial charge < -0.3 is 10.6 Å². The molecule has 0 saturated heterocycles. The molecule has 0 unspecified atom stereocenters. The lowest BCUT2D eigenvalue weighted by Crippen LogP contribution is -2.44. The van der Waals surface area contributed by atoms with Gasteiger partial charge in [-0.15, -0.1) is 0 Å². The monoisotopic (exact) mass is 211 g/mol. The van der Waals surface area contributed by atoms with Crippen LogP contribution in [0.4, 0.5) is 0 Å². The molecule has 0 amide bonds. The van der Waals surface area contributed by atoms with Crippen molar-refractivity contribution < 1.29 is 0 Å². The van der Waals surface area contributed by atoms with Gasteiger partial charge in [-0.1, -0.05) is 0 Å². The van der Waals surface area contributed by atoms with Crippen molar-refractivity contribution in [1.82, 2.24) is 16.0 Å². The standard InChI is InChI=1S/C8H13N5S/c1-11-7(9)13-8(10)12-4-6-2-3-14-5-6/h2-3,5H,4H2,1H3,(H5,9,10,11,12,13). The van der Waals surface area contributed by atoms with Gasteiger partial charge in [-0.05, 0) is 22.4 Å². The van der Waals surface area contributed by atoms with Crippen LogP contribution in [-0.4, -0.2) is 19.0 Å². The third kappa shape index (κ3) is 3.44. The minimum atomic E-state index is 0.104. The average Bonchev–Trinajstić information content (AvgIpc) is 2.67. The van der Waals surface area contributed by atoms with E-state index in [1.54, 1.807) is 18.4 Å². The van der Waals surface area contributed by atoms with E-state index in [0.717, 1.165) is 5.56 Å². The maximum atomic E-state index is 7.43. The van der Waals surface area contributed by atoms with Gasteiger partial charge >= 0.3 is 0 Å². The van der Waals surface area contributed by atoms with E-state index < -0.39 is 0 Å². The highest BCUT2D eigenvalue weighted by Gasteiger charge is 1.98. The first-order valence-electron chi connectivity index (χ1n) is 4.09. The summed E-state index contributed by atoms with van der Waals surface area (Å²) in [6.45, 7) is 0.603. The first-order chi connectivity index (χ1) is 6.72. The van der Waals surface area contributed by atoms with Gasteiger partial charge in [0.25, 0.3) is 0 Å². The molecule has 5 N–H and O–H groups in total. The summed E-state index contributed by atoms with van der Waals surface area (Å²) >= 11 is 1.62. The number of thiophene rings is 1. The Balaban J connectivity index is 2.25. The number of hydrogen-bond donors (Lipinski definition) is 5. The first-order valence-corrected chi connectivity index (χ1v) is 5.03. The van der Waals surface area contributed by atoms with E-state index in [2.05, 4.69) is 16.0 Å². The van der Waals surface area contributed by atoms with E-state index in [4.69, 9.17) is 10.8 Å². The Bertz CT molecular complexity index is 306. The molecule has 0 bridgehead atoms. The predicted octanol–water partition coefficient (Wildman–Crippen LogP) is 0.516. The molecule has 1 aromatic heterocycles. The van der Waals surface area contributed by atoms with Crippen LogP contribution < -0.4 is 16.0 Å². The molecule has 5 nitrogen and oxygen atoms in total. The van der Waals surface area contributed by atoms with E-state index in [9.17, 15) is 0 Å². The van der Waals surface area contributed by atoms with Crippen LogP contribution in [0.1, 0.15) is 5.56 Å². The fraction of sp³-hybridized carbons (Fsp3) is 0.250. The second-order valence-corrected chi connectivity index (χ2v) is 3.39. The van der Waals surface area contributed by atoms with Gasteiger partial charge in [-0.2, -0.15) is 11.3 Å². The van der Waals surface area contributed by atoms with E-state index in [0.29, 0.717) is 6.54 Å². The van der Waals surface area contributed by atoms with Crippen LogP contribution >= 0.6 is 11.3 Å². The van der Waals surface area contributed by atoms with Crippen molar-refractivity contribution in [3.8, 4) is 0 Å². The molecule has 0 radical (unpaired) electrons. The van der Waals surface area contributed by atoms with E-state index in [1.165, 1.54) is 0 Å². The van der Waals surface area contributed by atoms with E-state index in [1.807, 2.05) is 16.8 Å². The third-order valence-electron chi connectivity index (χ3n) is 1.55. The molecule has 0 aliphatic rings. The molecule has 0 aliphatic carbocycles. The largest absolute Gasteiger partial charge is 0.359 e. The molecule has 76 valence electrons. The van der Waals surface area contributed by atoms with Crippen molar-refractivity contribution in [3.63, 3.8) is 0 Å². The maximum Gasteiger partial charge on any atom is 0.195 e. The summed E-state index contributed by atoms with van der Waals surface area (Å²) in [5.41, 5.74) is 1.14. The van der Waals surface area contributed by atoms with Crippen LogP contribution in [0.3, 0.4) is 0 Å². The Labute approximate surface area is 86.6 Å². The fourth-order valence-electron chi connectivity index (χ4n) is 0.815. The molecule has 1 heterocycles. The van der Waals surface area contributed by atoms with Crippen LogP contribution in [0.5, 0.6) is 0 Å². The summed E-state index contributed by atoms with van der Waals surface area (Å²) < 4.78 is 0. The van der Waals surface area contributed by atoms with Gasteiger partial charge in [0.2, 0.25) is 0 Å². The van der Waals surface area contributed by atoms with Gasteiger partial charge in [-0.25, -0.2) is 0 Å². The first kappa shape index (κ1) is 10.5. The highest BCUT2D eigenvalue weighted by molar-refractivity contribution is 7.07. The lowest BCUT2D eigenvalue weighted by atomic mass is 10.3. The number of nitrogens with one attached hydrogen (secondary N) is 5. The Morgan fingerprint density at radius 3 is 2.79 bits per heavy atom. The molecule has 0 aliphatic heterocycles. The molecule has 1 rings (SSSR count). The highest BCUT2D eigenvalue weighted by Crippen LogP contribution is 2.04. The topological polar surface area (TPSA) is 83.8 Å². The van der Waals surface area contributed by atoms with Crippen LogP contribution in [0.2, 0.25) is 0 Å². The zero-order chi connectivity index (χ0) is 10.4. The van der Waals surface area contributed by atoms with Crippen molar-refractivity contribution in [1.29, 1.82) is 10.8 Å². The summed E-state index contributed by atoms with van der Waals surface area (Å²) in [5, 5.41) is 26.6. The second kappa shape index (κ2) is 5.23. The summed E-state index contributed by atoms with van der Waals surface area (Å²) in [5.74, 6) is 0.225.